The summed E-state index contributed by atoms with van der Waals surface area (Å²) in [6.07, 6.45) is 5.25. The molecule has 8 heteroatoms. The van der Waals surface area contributed by atoms with E-state index >= 15 is 0 Å². The Hall–Kier alpha value is -3.42. The quantitative estimate of drug-likeness (QED) is 0.319. The zero-order chi connectivity index (χ0) is 21.6. The fraction of sp³-hybridized carbons (Fsp3) is 0.333. The van der Waals surface area contributed by atoms with E-state index in [0.717, 1.165) is 17.3 Å². The molecule has 0 unspecified atom stereocenters. The highest BCUT2D eigenvalue weighted by Gasteiger charge is 2.23. The van der Waals surface area contributed by atoms with Gasteiger partial charge in [0.05, 0.1) is 12.2 Å². The minimum atomic E-state index is -0.839. The zero-order valence-electron chi connectivity index (χ0n) is 17.1. The van der Waals surface area contributed by atoms with Gasteiger partial charge in [-0.3, -0.25) is 9.78 Å². The number of nitrogens with one attached hydrogen (secondary N) is 2. The van der Waals surface area contributed by atoms with Crippen LogP contribution >= 0.6 is 0 Å². The van der Waals surface area contributed by atoms with Gasteiger partial charge in [-0.2, -0.15) is 0 Å². The molecule has 0 amide bonds. The maximum atomic E-state index is 12.3. The molecule has 0 aliphatic rings. The van der Waals surface area contributed by atoms with Crippen LogP contribution in [0.15, 0.2) is 47.3 Å². The normalized spacial score (nSPS) is 10.6. The summed E-state index contributed by atoms with van der Waals surface area (Å²) < 4.78 is 10.2. The minimum Gasteiger partial charge on any atom is -0.459 e. The molecule has 0 saturated carbocycles. The van der Waals surface area contributed by atoms with Gasteiger partial charge in [-0.25, -0.2) is 9.59 Å². The van der Waals surface area contributed by atoms with Crippen molar-refractivity contribution in [3.63, 3.8) is 0 Å². The van der Waals surface area contributed by atoms with Crippen LogP contribution in [-0.2, 0) is 19.1 Å². The molecule has 2 N–H and O–H groups in total. The fourth-order valence-electron chi connectivity index (χ4n) is 2.38. The SMILES string of the molecule is Cc1cncc(-c2c[nH]c(=O)c(NC=C(C(=O)OC(C)C)C(=O)OC(C)C)c2)c1. The molecule has 0 bridgehead atoms. The average Bonchev–Trinajstić information content (AvgIpc) is 2.62. The standard InChI is InChI=1S/C21H25N3O5/c1-12(2)28-20(26)17(21(27)29-13(3)4)11-23-18-7-16(10-24-19(18)25)15-6-14(5)8-22-9-15/h6-13,23H,1-5H3,(H,24,25). The largest absolute Gasteiger partial charge is 0.459 e. The smallest absolute Gasteiger partial charge is 0.347 e. The Balaban J connectivity index is 2.36. The molecule has 2 aromatic heterocycles. The first-order valence-corrected chi connectivity index (χ1v) is 9.20. The van der Waals surface area contributed by atoms with E-state index < -0.39 is 29.7 Å². The van der Waals surface area contributed by atoms with Crippen LogP contribution < -0.4 is 10.9 Å². The summed E-state index contributed by atoms with van der Waals surface area (Å²) >= 11 is 0. The third kappa shape index (κ3) is 6.31. The van der Waals surface area contributed by atoms with E-state index in [1.807, 2.05) is 13.0 Å². The number of aryl methyl sites for hydroxylation is 1. The van der Waals surface area contributed by atoms with Gasteiger partial charge in [0.1, 0.15) is 5.69 Å². The maximum Gasteiger partial charge on any atom is 0.347 e. The molecule has 0 fully saturated rings. The zero-order valence-corrected chi connectivity index (χ0v) is 17.1. The Labute approximate surface area is 169 Å². The molecular formula is C21H25N3O5. The van der Waals surface area contributed by atoms with E-state index in [0.29, 0.717) is 5.56 Å². The van der Waals surface area contributed by atoms with Crippen LogP contribution in [0.4, 0.5) is 5.69 Å². The van der Waals surface area contributed by atoms with Gasteiger partial charge >= 0.3 is 11.9 Å². The predicted octanol–water partition coefficient (Wildman–Crippen LogP) is 2.94. The Morgan fingerprint density at radius 3 is 2.21 bits per heavy atom. The molecule has 0 aliphatic heterocycles. The Morgan fingerprint density at radius 2 is 1.66 bits per heavy atom. The van der Waals surface area contributed by atoms with E-state index in [2.05, 4.69) is 15.3 Å². The summed E-state index contributed by atoms with van der Waals surface area (Å²) in [5, 5.41) is 2.72. The van der Waals surface area contributed by atoms with E-state index in [-0.39, 0.29) is 11.3 Å². The highest BCUT2D eigenvalue weighted by molar-refractivity contribution is 6.14. The number of carbonyl (C=O) groups is 2. The number of esters is 2. The number of anilines is 1. The molecule has 0 spiro atoms. The monoisotopic (exact) mass is 399 g/mol. The molecule has 0 atom stereocenters. The summed E-state index contributed by atoms with van der Waals surface area (Å²) in [6, 6.07) is 3.52. The van der Waals surface area contributed by atoms with E-state index in [1.165, 1.54) is 0 Å². The second-order valence-electron chi connectivity index (χ2n) is 6.99. The lowest BCUT2D eigenvalue weighted by Gasteiger charge is -2.13. The molecule has 8 nitrogen and oxygen atoms in total. The van der Waals surface area contributed by atoms with Gasteiger partial charge in [-0.1, -0.05) is 0 Å². The van der Waals surface area contributed by atoms with Crippen LogP contribution in [-0.4, -0.2) is 34.1 Å². The van der Waals surface area contributed by atoms with Crippen LogP contribution in [0.1, 0.15) is 33.3 Å². The lowest BCUT2D eigenvalue weighted by molar-refractivity contribution is -0.150. The third-order valence-corrected chi connectivity index (χ3v) is 3.61. The van der Waals surface area contributed by atoms with Gasteiger partial charge in [0.25, 0.3) is 5.56 Å². The topological polar surface area (TPSA) is 110 Å². The Bertz CT molecular complexity index is 952. The van der Waals surface area contributed by atoms with Crippen LogP contribution in [0.5, 0.6) is 0 Å². The first-order valence-electron chi connectivity index (χ1n) is 9.20. The van der Waals surface area contributed by atoms with Crippen molar-refractivity contribution in [1.82, 2.24) is 9.97 Å². The van der Waals surface area contributed by atoms with Crippen LogP contribution in [0.2, 0.25) is 0 Å². The predicted molar refractivity (Wildman–Crippen MR) is 109 cm³/mol. The number of H-pyrrole nitrogens is 1. The van der Waals surface area contributed by atoms with Gasteiger partial charge in [-0.05, 0) is 52.3 Å². The lowest BCUT2D eigenvalue weighted by atomic mass is 10.1. The molecule has 2 aromatic rings. The first-order chi connectivity index (χ1) is 13.7. The second kappa shape index (κ2) is 9.68. The van der Waals surface area contributed by atoms with Gasteiger partial charge in [-0.15, -0.1) is 0 Å². The Kier molecular flexibility index (Phi) is 7.30. The number of aromatic amines is 1. The van der Waals surface area contributed by atoms with Crippen molar-refractivity contribution in [1.29, 1.82) is 0 Å². The van der Waals surface area contributed by atoms with Crippen molar-refractivity contribution >= 4 is 17.6 Å². The average molecular weight is 399 g/mol. The van der Waals surface area contributed by atoms with Crippen molar-refractivity contribution in [3.05, 3.63) is 58.4 Å². The fourth-order valence-corrected chi connectivity index (χ4v) is 2.38. The minimum absolute atomic E-state index is 0.149. The molecule has 0 aliphatic carbocycles. The van der Waals surface area contributed by atoms with Crippen molar-refractivity contribution in [2.75, 3.05) is 5.32 Å². The van der Waals surface area contributed by atoms with Crippen LogP contribution in [0, 0.1) is 6.92 Å². The number of aromatic nitrogens is 2. The molecular weight excluding hydrogens is 374 g/mol. The molecule has 0 saturated heterocycles. The summed E-state index contributed by atoms with van der Waals surface area (Å²) in [4.78, 5) is 43.5. The third-order valence-electron chi connectivity index (χ3n) is 3.61. The number of nitrogens with zero attached hydrogens (tertiary/aromatic N) is 1. The van der Waals surface area contributed by atoms with Crippen LogP contribution in [0.3, 0.4) is 0 Å². The molecule has 2 rings (SSSR count). The molecule has 29 heavy (non-hydrogen) atoms. The molecule has 0 radical (unpaired) electrons. The van der Waals surface area contributed by atoms with Crippen molar-refractivity contribution in [2.24, 2.45) is 0 Å². The highest BCUT2D eigenvalue weighted by Crippen LogP contribution is 2.20. The van der Waals surface area contributed by atoms with Gasteiger partial charge < -0.3 is 19.8 Å². The van der Waals surface area contributed by atoms with Crippen molar-refractivity contribution < 1.29 is 19.1 Å². The lowest BCUT2D eigenvalue weighted by Crippen LogP contribution is -2.24. The number of ether oxygens (including phenoxy) is 2. The van der Waals surface area contributed by atoms with Crippen molar-refractivity contribution in [3.8, 4) is 11.1 Å². The number of pyridine rings is 2. The number of rotatable bonds is 7. The van der Waals surface area contributed by atoms with Gasteiger partial charge in [0, 0.05) is 35.9 Å². The number of hydrogen-bond acceptors (Lipinski definition) is 7. The summed E-state index contributed by atoms with van der Waals surface area (Å²) in [7, 11) is 0. The van der Waals surface area contributed by atoms with Crippen LogP contribution in [0.25, 0.3) is 11.1 Å². The maximum absolute atomic E-state index is 12.3. The van der Waals surface area contributed by atoms with E-state index in [4.69, 9.17) is 9.47 Å². The summed E-state index contributed by atoms with van der Waals surface area (Å²) in [5.41, 5.74) is 1.89. The Morgan fingerprint density at radius 1 is 1.03 bits per heavy atom. The number of carbonyl (C=O) groups excluding carboxylic acids is 2. The second-order valence-corrected chi connectivity index (χ2v) is 6.99. The molecule has 154 valence electrons. The van der Waals surface area contributed by atoms with Crippen molar-refractivity contribution in [2.45, 2.75) is 46.8 Å². The van der Waals surface area contributed by atoms with E-state index in [9.17, 15) is 14.4 Å². The van der Waals surface area contributed by atoms with Gasteiger partial charge in [0.15, 0.2) is 5.57 Å². The molecule has 0 aromatic carbocycles. The first kappa shape index (κ1) is 21.9. The summed E-state index contributed by atoms with van der Waals surface area (Å²) in [6.45, 7) is 8.58. The summed E-state index contributed by atoms with van der Waals surface area (Å²) in [5.74, 6) is -1.68. The highest BCUT2D eigenvalue weighted by atomic mass is 16.6. The van der Waals surface area contributed by atoms with E-state index in [1.54, 1.807) is 52.4 Å². The molecule has 2 heterocycles. The van der Waals surface area contributed by atoms with Gasteiger partial charge in [0.2, 0.25) is 0 Å². The number of hydrogen-bond donors (Lipinski definition) is 2.